The molecule has 3 N–H and O–H groups in total. The summed E-state index contributed by atoms with van der Waals surface area (Å²) < 4.78 is 0. The fourth-order valence-electron chi connectivity index (χ4n) is 2.83. The molecule has 0 spiro atoms. The Labute approximate surface area is 176 Å². The standard InChI is InChI=1S/C20H24N6.HI/c1-3-16-8-4-5-9-18(16)13-23-20(21-2)22-12-15-7-6-10-17(11-15)19-24-14-25-26-19;/h4-11,14H,3,12-13H2,1-2H3,(H2,21,22,23)(H,24,25,26);1H. The Balaban J connectivity index is 0.00000261. The second-order valence-electron chi connectivity index (χ2n) is 5.94. The van der Waals surface area contributed by atoms with E-state index in [0.29, 0.717) is 6.54 Å². The lowest BCUT2D eigenvalue weighted by molar-refractivity contribution is 0.803. The number of nitrogens with zero attached hydrogens (tertiary/aromatic N) is 3. The highest BCUT2D eigenvalue weighted by molar-refractivity contribution is 14.0. The summed E-state index contributed by atoms with van der Waals surface area (Å²) in [7, 11) is 1.78. The quantitative estimate of drug-likeness (QED) is 0.289. The van der Waals surface area contributed by atoms with Crippen LogP contribution in [0.4, 0.5) is 0 Å². The highest BCUT2D eigenvalue weighted by atomic mass is 127. The fourth-order valence-corrected chi connectivity index (χ4v) is 2.83. The first-order valence-electron chi connectivity index (χ1n) is 8.76. The zero-order valence-electron chi connectivity index (χ0n) is 15.6. The van der Waals surface area contributed by atoms with Crippen molar-refractivity contribution in [1.82, 2.24) is 25.8 Å². The van der Waals surface area contributed by atoms with E-state index in [1.54, 1.807) is 7.05 Å². The van der Waals surface area contributed by atoms with Gasteiger partial charge in [-0.15, -0.1) is 24.0 Å². The number of hydrogen-bond acceptors (Lipinski definition) is 3. The fraction of sp³-hybridized carbons (Fsp3) is 0.250. The first kappa shape index (κ1) is 20.9. The van der Waals surface area contributed by atoms with Crippen molar-refractivity contribution in [2.45, 2.75) is 26.4 Å². The van der Waals surface area contributed by atoms with Gasteiger partial charge in [-0.2, -0.15) is 5.10 Å². The number of aromatic amines is 1. The maximum absolute atomic E-state index is 4.31. The highest BCUT2D eigenvalue weighted by Crippen LogP contribution is 2.15. The molecule has 142 valence electrons. The molecule has 0 saturated carbocycles. The van der Waals surface area contributed by atoms with Gasteiger partial charge in [0.05, 0.1) is 0 Å². The highest BCUT2D eigenvalue weighted by Gasteiger charge is 2.04. The Kier molecular flexibility index (Phi) is 8.25. The number of rotatable bonds is 6. The zero-order chi connectivity index (χ0) is 18.2. The van der Waals surface area contributed by atoms with Crippen molar-refractivity contribution in [3.05, 3.63) is 71.5 Å². The Morgan fingerprint density at radius 1 is 1.04 bits per heavy atom. The molecular formula is C20H25IN6. The van der Waals surface area contributed by atoms with E-state index in [-0.39, 0.29) is 24.0 Å². The van der Waals surface area contributed by atoms with Crippen LogP contribution in [0.3, 0.4) is 0 Å². The van der Waals surface area contributed by atoms with Gasteiger partial charge in [0.2, 0.25) is 0 Å². The van der Waals surface area contributed by atoms with E-state index in [0.717, 1.165) is 35.9 Å². The van der Waals surface area contributed by atoms with Crippen molar-refractivity contribution in [1.29, 1.82) is 0 Å². The van der Waals surface area contributed by atoms with Gasteiger partial charge >= 0.3 is 0 Å². The maximum Gasteiger partial charge on any atom is 0.191 e. The van der Waals surface area contributed by atoms with Crippen LogP contribution in [0.5, 0.6) is 0 Å². The summed E-state index contributed by atoms with van der Waals surface area (Å²) in [6.45, 7) is 3.60. The molecule has 3 aromatic rings. The van der Waals surface area contributed by atoms with Gasteiger partial charge in [-0.1, -0.05) is 49.4 Å². The molecule has 2 aromatic carbocycles. The topological polar surface area (TPSA) is 78.0 Å². The van der Waals surface area contributed by atoms with E-state index in [1.165, 1.54) is 17.5 Å². The lowest BCUT2D eigenvalue weighted by atomic mass is 10.1. The minimum atomic E-state index is 0. The molecule has 0 atom stereocenters. The van der Waals surface area contributed by atoms with Gasteiger partial charge in [-0.3, -0.25) is 10.1 Å². The van der Waals surface area contributed by atoms with Crippen LogP contribution in [-0.2, 0) is 19.5 Å². The number of nitrogens with one attached hydrogen (secondary N) is 3. The minimum absolute atomic E-state index is 0. The molecule has 0 saturated heterocycles. The van der Waals surface area contributed by atoms with Gasteiger partial charge in [-0.25, -0.2) is 4.98 Å². The normalized spacial score (nSPS) is 11.0. The van der Waals surface area contributed by atoms with Crippen LogP contribution in [0, 0.1) is 0 Å². The van der Waals surface area contributed by atoms with Crippen LogP contribution in [-0.4, -0.2) is 28.2 Å². The molecule has 0 aliphatic heterocycles. The van der Waals surface area contributed by atoms with E-state index in [9.17, 15) is 0 Å². The summed E-state index contributed by atoms with van der Waals surface area (Å²) in [5.41, 5.74) is 4.82. The van der Waals surface area contributed by atoms with Crippen LogP contribution in [0.25, 0.3) is 11.4 Å². The third-order valence-corrected chi connectivity index (χ3v) is 4.24. The first-order valence-corrected chi connectivity index (χ1v) is 8.76. The van der Waals surface area contributed by atoms with Crippen LogP contribution in [0.15, 0.2) is 59.9 Å². The van der Waals surface area contributed by atoms with E-state index in [2.05, 4.69) is 74.1 Å². The van der Waals surface area contributed by atoms with E-state index < -0.39 is 0 Å². The molecule has 0 aliphatic carbocycles. The van der Waals surface area contributed by atoms with Crippen molar-refractivity contribution in [2.24, 2.45) is 4.99 Å². The van der Waals surface area contributed by atoms with Crippen LogP contribution >= 0.6 is 24.0 Å². The molecule has 27 heavy (non-hydrogen) atoms. The molecule has 0 bridgehead atoms. The van der Waals surface area contributed by atoms with Crippen LogP contribution in [0.2, 0.25) is 0 Å². The number of halogens is 1. The number of H-pyrrole nitrogens is 1. The number of aryl methyl sites for hydroxylation is 1. The van der Waals surface area contributed by atoms with Crippen molar-refractivity contribution < 1.29 is 0 Å². The van der Waals surface area contributed by atoms with E-state index in [4.69, 9.17) is 0 Å². The second-order valence-corrected chi connectivity index (χ2v) is 5.94. The lowest BCUT2D eigenvalue weighted by Crippen LogP contribution is -2.36. The molecule has 0 aliphatic rings. The smallest absolute Gasteiger partial charge is 0.191 e. The SMILES string of the molecule is CCc1ccccc1CNC(=NC)NCc1cccc(-c2ncn[nH]2)c1.I. The minimum Gasteiger partial charge on any atom is -0.352 e. The van der Waals surface area contributed by atoms with Gasteiger partial charge in [0.25, 0.3) is 0 Å². The van der Waals surface area contributed by atoms with Crippen molar-refractivity contribution in [3.63, 3.8) is 0 Å². The van der Waals surface area contributed by atoms with Crippen molar-refractivity contribution in [3.8, 4) is 11.4 Å². The van der Waals surface area contributed by atoms with Crippen LogP contribution in [0.1, 0.15) is 23.6 Å². The Morgan fingerprint density at radius 3 is 2.52 bits per heavy atom. The summed E-state index contributed by atoms with van der Waals surface area (Å²) in [4.78, 5) is 8.51. The molecule has 7 heteroatoms. The van der Waals surface area contributed by atoms with E-state index in [1.807, 2.05) is 12.1 Å². The Morgan fingerprint density at radius 2 is 1.81 bits per heavy atom. The summed E-state index contributed by atoms with van der Waals surface area (Å²) in [5.74, 6) is 1.55. The van der Waals surface area contributed by atoms with E-state index >= 15 is 0 Å². The lowest BCUT2D eigenvalue weighted by Gasteiger charge is -2.14. The monoisotopic (exact) mass is 476 g/mol. The average molecular weight is 476 g/mol. The third-order valence-electron chi connectivity index (χ3n) is 4.24. The molecular weight excluding hydrogens is 451 g/mol. The predicted octanol–water partition coefficient (Wildman–Crippen LogP) is 3.52. The molecule has 3 rings (SSSR count). The summed E-state index contributed by atoms with van der Waals surface area (Å²) in [6, 6.07) is 16.7. The molecule has 6 nitrogen and oxygen atoms in total. The molecule has 0 amide bonds. The average Bonchev–Trinajstić information content (AvgIpc) is 3.23. The molecule has 1 aromatic heterocycles. The summed E-state index contributed by atoms with van der Waals surface area (Å²) in [6.07, 6.45) is 2.54. The Hall–Kier alpha value is -2.42. The van der Waals surface area contributed by atoms with Gasteiger partial charge in [0.1, 0.15) is 6.33 Å². The number of guanidine groups is 1. The summed E-state index contributed by atoms with van der Waals surface area (Å²) in [5, 5.41) is 13.5. The first-order chi connectivity index (χ1) is 12.8. The third kappa shape index (κ3) is 5.78. The molecule has 0 fully saturated rings. The predicted molar refractivity (Wildman–Crippen MR) is 120 cm³/mol. The van der Waals surface area contributed by atoms with Gasteiger partial charge in [0.15, 0.2) is 11.8 Å². The van der Waals surface area contributed by atoms with Gasteiger partial charge in [-0.05, 0) is 29.2 Å². The van der Waals surface area contributed by atoms with Gasteiger partial charge < -0.3 is 10.6 Å². The zero-order valence-corrected chi connectivity index (χ0v) is 17.9. The molecule has 0 unspecified atom stereocenters. The Bertz CT molecular complexity index is 860. The second kappa shape index (κ2) is 10.7. The van der Waals surface area contributed by atoms with Gasteiger partial charge in [0, 0.05) is 25.7 Å². The number of hydrogen-bond donors (Lipinski definition) is 3. The molecule has 1 heterocycles. The largest absolute Gasteiger partial charge is 0.352 e. The molecule has 0 radical (unpaired) electrons. The number of benzene rings is 2. The maximum atomic E-state index is 4.31. The number of aliphatic imine (C=N–C) groups is 1. The van der Waals surface area contributed by atoms with Crippen LogP contribution < -0.4 is 10.6 Å². The number of aromatic nitrogens is 3. The van der Waals surface area contributed by atoms with Crippen molar-refractivity contribution in [2.75, 3.05) is 7.05 Å². The van der Waals surface area contributed by atoms with Crippen molar-refractivity contribution >= 4 is 29.9 Å². The summed E-state index contributed by atoms with van der Waals surface area (Å²) >= 11 is 0.